The maximum atomic E-state index is 6.13. The number of aromatic nitrogens is 1. The van der Waals surface area contributed by atoms with E-state index in [1.807, 2.05) is 12.1 Å². The third kappa shape index (κ3) is 4.21. The topological polar surface area (TPSA) is 28.2 Å². The van der Waals surface area contributed by atoms with Crippen LogP contribution < -0.4 is 10.2 Å². The second kappa shape index (κ2) is 7.97. The van der Waals surface area contributed by atoms with Gasteiger partial charge in [-0.3, -0.25) is 0 Å². The van der Waals surface area contributed by atoms with Crippen LogP contribution in [0.5, 0.6) is 0 Å². The Kier molecular flexibility index (Phi) is 6.56. The standard InChI is InChI=1S/C14H20ClN3/c1-4-9-18(10-5-2)14-8-7-12(15)13(17-14)11-16-6-3/h1,7-8,16H,5-6,9-11H2,2-3H3. The van der Waals surface area contributed by atoms with E-state index >= 15 is 0 Å². The number of nitrogens with zero attached hydrogens (tertiary/aromatic N) is 2. The molecule has 0 amide bonds. The van der Waals surface area contributed by atoms with E-state index in [-0.39, 0.29) is 0 Å². The second-order valence-electron chi connectivity index (χ2n) is 4.00. The number of nitrogens with one attached hydrogen (secondary N) is 1. The first-order valence-corrected chi connectivity index (χ1v) is 6.65. The molecule has 98 valence electrons. The monoisotopic (exact) mass is 265 g/mol. The molecule has 0 bridgehead atoms. The lowest BCUT2D eigenvalue weighted by Crippen LogP contribution is -2.26. The lowest BCUT2D eigenvalue weighted by Gasteiger charge is -2.21. The summed E-state index contributed by atoms with van der Waals surface area (Å²) in [5.74, 6) is 3.56. The zero-order valence-corrected chi connectivity index (χ0v) is 11.8. The van der Waals surface area contributed by atoms with Gasteiger partial charge in [0.2, 0.25) is 0 Å². The van der Waals surface area contributed by atoms with Crippen LogP contribution in [0.3, 0.4) is 0 Å². The Balaban J connectivity index is 2.90. The molecular formula is C14H20ClN3. The maximum absolute atomic E-state index is 6.13. The van der Waals surface area contributed by atoms with Gasteiger partial charge in [0.15, 0.2) is 0 Å². The van der Waals surface area contributed by atoms with Crippen molar-refractivity contribution in [1.82, 2.24) is 10.3 Å². The normalized spacial score (nSPS) is 10.1. The van der Waals surface area contributed by atoms with E-state index in [2.05, 4.69) is 35.0 Å². The van der Waals surface area contributed by atoms with E-state index in [1.165, 1.54) is 0 Å². The average Bonchev–Trinajstić information content (AvgIpc) is 2.38. The molecule has 0 spiro atoms. The molecule has 1 rings (SSSR count). The van der Waals surface area contributed by atoms with E-state index < -0.39 is 0 Å². The van der Waals surface area contributed by atoms with Crippen LogP contribution in [0.15, 0.2) is 12.1 Å². The molecule has 1 aromatic heterocycles. The molecular weight excluding hydrogens is 246 g/mol. The first-order valence-electron chi connectivity index (χ1n) is 6.27. The number of pyridine rings is 1. The fourth-order valence-electron chi connectivity index (χ4n) is 1.67. The summed E-state index contributed by atoms with van der Waals surface area (Å²) in [6, 6.07) is 3.81. The summed E-state index contributed by atoms with van der Waals surface area (Å²) in [5.41, 5.74) is 0.870. The Morgan fingerprint density at radius 2 is 2.22 bits per heavy atom. The number of halogens is 1. The summed E-state index contributed by atoms with van der Waals surface area (Å²) in [5, 5.41) is 3.92. The largest absolute Gasteiger partial charge is 0.345 e. The van der Waals surface area contributed by atoms with Crippen molar-refractivity contribution >= 4 is 17.4 Å². The summed E-state index contributed by atoms with van der Waals surface area (Å²) < 4.78 is 0. The number of hydrogen-bond donors (Lipinski definition) is 1. The molecule has 0 aliphatic heterocycles. The van der Waals surface area contributed by atoms with Crippen molar-refractivity contribution in [2.75, 3.05) is 24.5 Å². The van der Waals surface area contributed by atoms with E-state index in [0.717, 1.165) is 31.0 Å². The van der Waals surface area contributed by atoms with Gasteiger partial charge in [0, 0.05) is 13.1 Å². The summed E-state index contributed by atoms with van der Waals surface area (Å²) in [6.07, 6.45) is 6.42. The molecule has 0 fully saturated rings. The fraction of sp³-hybridized carbons (Fsp3) is 0.500. The van der Waals surface area contributed by atoms with Crippen molar-refractivity contribution in [1.29, 1.82) is 0 Å². The number of anilines is 1. The van der Waals surface area contributed by atoms with Crippen molar-refractivity contribution < 1.29 is 0 Å². The Labute approximate surface area is 115 Å². The molecule has 0 aromatic carbocycles. The Morgan fingerprint density at radius 1 is 1.44 bits per heavy atom. The van der Waals surface area contributed by atoms with Crippen molar-refractivity contribution in [3.8, 4) is 12.3 Å². The molecule has 0 unspecified atom stereocenters. The smallest absolute Gasteiger partial charge is 0.129 e. The minimum absolute atomic E-state index is 0.573. The molecule has 3 nitrogen and oxygen atoms in total. The lowest BCUT2D eigenvalue weighted by molar-refractivity contribution is 0.707. The van der Waals surface area contributed by atoms with E-state index in [9.17, 15) is 0 Å². The molecule has 1 aromatic rings. The van der Waals surface area contributed by atoms with Gasteiger partial charge in [-0.05, 0) is 25.1 Å². The minimum atomic E-state index is 0.573. The molecule has 18 heavy (non-hydrogen) atoms. The first-order chi connectivity index (χ1) is 8.72. The van der Waals surface area contributed by atoms with Gasteiger partial charge in [-0.25, -0.2) is 4.98 Å². The lowest BCUT2D eigenvalue weighted by atomic mass is 10.3. The predicted octanol–water partition coefficient (Wildman–Crippen LogP) is 2.69. The van der Waals surface area contributed by atoms with Crippen LogP contribution in [0.2, 0.25) is 5.02 Å². The van der Waals surface area contributed by atoms with Gasteiger partial charge in [-0.15, -0.1) is 6.42 Å². The van der Waals surface area contributed by atoms with Crippen LogP contribution in [0, 0.1) is 12.3 Å². The van der Waals surface area contributed by atoms with Gasteiger partial charge < -0.3 is 10.2 Å². The Bertz CT molecular complexity index is 412. The summed E-state index contributed by atoms with van der Waals surface area (Å²) in [4.78, 5) is 6.67. The summed E-state index contributed by atoms with van der Waals surface area (Å²) in [6.45, 7) is 7.23. The molecule has 0 saturated heterocycles. The number of terminal acetylenes is 1. The maximum Gasteiger partial charge on any atom is 0.129 e. The van der Waals surface area contributed by atoms with Gasteiger partial charge in [0.05, 0.1) is 17.3 Å². The number of rotatable bonds is 7. The minimum Gasteiger partial charge on any atom is -0.345 e. The highest BCUT2D eigenvalue weighted by molar-refractivity contribution is 6.31. The van der Waals surface area contributed by atoms with E-state index in [4.69, 9.17) is 18.0 Å². The summed E-state index contributed by atoms with van der Waals surface area (Å²) in [7, 11) is 0. The molecule has 0 aliphatic carbocycles. The van der Waals surface area contributed by atoms with Crippen LogP contribution in [-0.4, -0.2) is 24.6 Å². The molecule has 4 heteroatoms. The SMILES string of the molecule is C#CCN(CCC)c1ccc(Cl)c(CNCC)n1. The highest BCUT2D eigenvalue weighted by Crippen LogP contribution is 2.19. The van der Waals surface area contributed by atoms with Gasteiger partial charge in [-0.1, -0.05) is 31.4 Å². The quantitative estimate of drug-likeness (QED) is 0.769. The zero-order valence-electron chi connectivity index (χ0n) is 11.0. The Hall–Kier alpha value is -1.24. The van der Waals surface area contributed by atoms with Crippen molar-refractivity contribution in [3.63, 3.8) is 0 Å². The van der Waals surface area contributed by atoms with Gasteiger partial charge in [0.25, 0.3) is 0 Å². The van der Waals surface area contributed by atoms with Crippen molar-refractivity contribution in [2.45, 2.75) is 26.8 Å². The zero-order chi connectivity index (χ0) is 13.4. The second-order valence-corrected chi connectivity index (χ2v) is 4.41. The van der Waals surface area contributed by atoms with Crippen LogP contribution in [0.4, 0.5) is 5.82 Å². The van der Waals surface area contributed by atoms with Crippen molar-refractivity contribution in [3.05, 3.63) is 22.8 Å². The first kappa shape index (κ1) is 14.8. The van der Waals surface area contributed by atoms with E-state index in [1.54, 1.807) is 0 Å². The van der Waals surface area contributed by atoms with Gasteiger partial charge in [-0.2, -0.15) is 0 Å². The van der Waals surface area contributed by atoms with Gasteiger partial charge >= 0.3 is 0 Å². The van der Waals surface area contributed by atoms with E-state index in [0.29, 0.717) is 18.1 Å². The molecule has 0 aliphatic rings. The molecule has 0 radical (unpaired) electrons. The predicted molar refractivity (Wildman–Crippen MR) is 78.0 cm³/mol. The third-order valence-corrected chi connectivity index (χ3v) is 2.89. The van der Waals surface area contributed by atoms with Gasteiger partial charge in [0.1, 0.15) is 5.82 Å². The number of hydrogen-bond acceptors (Lipinski definition) is 3. The average molecular weight is 266 g/mol. The highest BCUT2D eigenvalue weighted by atomic mass is 35.5. The van der Waals surface area contributed by atoms with Crippen LogP contribution in [0.25, 0.3) is 0 Å². The third-order valence-electron chi connectivity index (χ3n) is 2.55. The molecule has 1 N–H and O–H groups in total. The Morgan fingerprint density at radius 3 is 2.83 bits per heavy atom. The molecule has 0 atom stereocenters. The van der Waals surface area contributed by atoms with Crippen LogP contribution in [0.1, 0.15) is 26.0 Å². The van der Waals surface area contributed by atoms with Crippen molar-refractivity contribution in [2.24, 2.45) is 0 Å². The highest BCUT2D eigenvalue weighted by Gasteiger charge is 2.09. The molecule has 0 saturated carbocycles. The molecule has 1 heterocycles. The van der Waals surface area contributed by atoms with Crippen LogP contribution >= 0.6 is 11.6 Å². The fourth-order valence-corrected chi connectivity index (χ4v) is 1.84. The van der Waals surface area contributed by atoms with Crippen LogP contribution in [-0.2, 0) is 6.54 Å². The summed E-state index contributed by atoms with van der Waals surface area (Å²) >= 11 is 6.13.